The second-order valence-electron chi connectivity index (χ2n) is 22.5. The zero-order valence-corrected chi connectivity index (χ0v) is 47.4. The summed E-state index contributed by atoms with van der Waals surface area (Å²) in [6, 6.07) is 2.78. The number of carbonyl (C=O) groups is 5. The average Bonchev–Trinajstić information content (AvgIpc) is 3.25. The van der Waals surface area contributed by atoms with E-state index in [4.69, 9.17) is 51.5 Å². The van der Waals surface area contributed by atoms with Crippen LogP contribution >= 0.6 is 0 Å². The zero-order valence-electron chi connectivity index (χ0n) is 45.4. The normalized spacial score (nSPS) is 32.1. The van der Waals surface area contributed by atoms with Gasteiger partial charge in [0, 0.05) is 98.2 Å². The molecule has 4 aliphatic heterocycles. The Hall–Kier alpha value is -2.40. The van der Waals surface area contributed by atoms with Crippen LogP contribution in [-0.4, -0.2) is 140 Å². The van der Waals surface area contributed by atoms with Gasteiger partial charge in [-0.3, -0.25) is 14.4 Å². The number of aldehydes is 1. The number of ether oxygens (including phenoxy) is 9. The molecule has 0 saturated carbocycles. The fourth-order valence-electron chi connectivity index (χ4n) is 11.1. The number of hydrogen-bond donors (Lipinski definition) is 0. The minimum Gasteiger partial charge on any atom is -0.464 e. The number of Topliss-reactive ketones (excluding diaryl/α,β-unsaturated/α-hetero) is 1. The van der Waals surface area contributed by atoms with Crippen LogP contribution in [0.5, 0.6) is 0 Å². The van der Waals surface area contributed by atoms with Crippen LogP contribution in [0, 0.1) is 11.8 Å². The molecule has 4 rings (SSSR count). The van der Waals surface area contributed by atoms with Crippen molar-refractivity contribution in [1.29, 1.82) is 0 Å². The quantitative estimate of drug-likeness (QED) is 0.0293. The smallest absolute Gasteiger partial charge is 0.332 e. The lowest BCUT2D eigenvalue weighted by Gasteiger charge is -2.55. The summed E-state index contributed by atoms with van der Waals surface area (Å²) in [5.74, 6) is -5.27. The van der Waals surface area contributed by atoms with Gasteiger partial charge >= 0.3 is 17.9 Å². The predicted molar refractivity (Wildman–Crippen MR) is 268 cm³/mol. The first kappa shape index (κ1) is 60.2. The molecule has 16 nitrogen and oxygen atoms in total. The number of esters is 3. The summed E-state index contributed by atoms with van der Waals surface area (Å²) < 4.78 is 69.4. The molecule has 70 heavy (non-hydrogen) atoms. The van der Waals surface area contributed by atoms with Crippen molar-refractivity contribution in [3.8, 4) is 0 Å². The lowest BCUT2D eigenvalue weighted by molar-refractivity contribution is -0.348. The van der Waals surface area contributed by atoms with Gasteiger partial charge in [-0.05, 0) is 49.6 Å². The van der Waals surface area contributed by atoms with E-state index >= 15 is 0 Å². The Morgan fingerprint density at radius 2 is 1.39 bits per heavy atom. The van der Waals surface area contributed by atoms with Crippen LogP contribution in [-0.2, 0) is 75.5 Å². The van der Waals surface area contributed by atoms with Crippen molar-refractivity contribution in [1.82, 2.24) is 0 Å². The molecule has 0 N–H and O–H groups in total. The maximum Gasteiger partial charge on any atom is 0.332 e. The van der Waals surface area contributed by atoms with E-state index in [1.807, 2.05) is 6.92 Å². The number of rotatable bonds is 24. The van der Waals surface area contributed by atoms with E-state index in [1.165, 1.54) is 21.0 Å². The first-order chi connectivity index (χ1) is 32.6. The van der Waals surface area contributed by atoms with E-state index in [9.17, 15) is 24.0 Å². The van der Waals surface area contributed by atoms with Gasteiger partial charge in [-0.2, -0.15) is 0 Å². The summed E-state index contributed by atoms with van der Waals surface area (Å²) >= 11 is 0. The second-order valence-corrected chi connectivity index (χ2v) is 32.0. The molecule has 4 fully saturated rings. The van der Waals surface area contributed by atoms with Crippen molar-refractivity contribution in [2.75, 3.05) is 27.4 Å². The Bertz CT molecular complexity index is 1780. The van der Waals surface area contributed by atoms with E-state index in [0.717, 1.165) is 24.4 Å². The standard InChI is InChI=1S/C52H90O16Si2/c1-17-70(18-2,19-3)68-50(12)27-43(65-52(33-50)29-42(61-37(7)54)23-39(63-52)20-21-60-47(57)32-58-13)22-34(4)35(5)48(62-38(8)55)36(6)46(56)26-40-24-41(59-14)28-51(64-40)30-44(25-45(31-53)66-51)67-69(15,16)49(9,10)11/h31,35-36,39-45,48H,4,17-30,32-33H2,1-3,5-16H3/t35-,36?,39+,40+,41+,42+,43+,44+,45-,48+,50+,51-,52-/m1/s1. The van der Waals surface area contributed by atoms with Gasteiger partial charge in [0.05, 0.1) is 48.6 Å². The van der Waals surface area contributed by atoms with E-state index in [2.05, 4.69) is 68.1 Å². The van der Waals surface area contributed by atoms with Crippen molar-refractivity contribution in [3.05, 3.63) is 12.2 Å². The van der Waals surface area contributed by atoms with Gasteiger partial charge in [0.2, 0.25) is 0 Å². The highest BCUT2D eigenvalue weighted by atomic mass is 28.4. The number of ketones is 1. The number of carbonyl (C=O) groups excluding carboxylic acids is 5. The molecule has 0 amide bonds. The first-order valence-electron chi connectivity index (χ1n) is 25.9. The molecule has 0 aromatic heterocycles. The van der Waals surface area contributed by atoms with Gasteiger partial charge in [0.1, 0.15) is 37.0 Å². The summed E-state index contributed by atoms with van der Waals surface area (Å²) in [4.78, 5) is 64.3. The van der Waals surface area contributed by atoms with E-state index < -0.39 is 100 Å². The highest BCUT2D eigenvalue weighted by molar-refractivity contribution is 6.74. The maximum absolute atomic E-state index is 14.5. The van der Waals surface area contributed by atoms with E-state index in [-0.39, 0.29) is 49.1 Å². The Balaban J connectivity index is 1.59. The molecular formula is C52H90O16Si2. The van der Waals surface area contributed by atoms with E-state index in [0.29, 0.717) is 63.4 Å². The fraction of sp³-hybridized carbons (Fsp3) is 0.865. The topological polar surface area (TPSA) is 187 Å². The second kappa shape index (κ2) is 25.2. The summed E-state index contributed by atoms with van der Waals surface area (Å²) in [5.41, 5.74) is 0.0133. The van der Waals surface area contributed by atoms with Crippen LogP contribution in [0.2, 0.25) is 36.3 Å². The van der Waals surface area contributed by atoms with Crippen LogP contribution in [0.4, 0.5) is 0 Å². The molecule has 18 heteroatoms. The zero-order chi connectivity index (χ0) is 52.5. The lowest BCUT2D eigenvalue weighted by Crippen LogP contribution is -2.61. The van der Waals surface area contributed by atoms with Crippen molar-refractivity contribution in [3.63, 3.8) is 0 Å². The maximum atomic E-state index is 14.5. The number of hydrogen-bond acceptors (Lipinski definition) is 16. The molecule has 402 valence electrons. The third-order valence-corrected chi connectivity index (χ3v) is 25.1. The van der Waals surface area contributed by atoms with Gasteiger partial charge in [0.15, 0.2) is 28.2 Å². The minimum atomic E-state index is -2.23. The summed E-state index contributed by atoms with van der Waals surface area (Å²) in [6.45, 7) is 30.4. The van der Waals surface area contributed by atoms with Gasteiger partial charge in [0.25, 0.3) is 0 Å². The molecule has 13 atom stereocenters. The highest BCUT2D eigenvalue weighted by Crippen LogP contribution is 2.50. The summed E-state index contributed by atoms with van der Waals surface area (Å²) in [5, 5.41) is -0.0509. The van der Waals surface area contributed by atoms with Crippen LogP contribution < -0.4 is 0 Å². The Kier molecular flexibility index (Phi) is 21.7. The first-order valence-corrected chi connectivity index (χ1v) is 31.3. The van der Waals surface area contributed by atoms with E-state index in [1.54, 1.807) is 14.0 Å². The van der Waals surface area contributed by atoms with Crippen LogP contribution in [0.3, 0.4) is 0 Å². The van der Waals surface area contributed by atoms with Gasteiger partial charge < -0.3 is 56.3 Å². The van der Waals surface area contributed by atoms with Gasteiger partial charge in [-0.25, -0.2) is 4.79 Å². The van der Waals surface area contributed by atoms with Crippen molar-refractivity contribution in [2.45, 2.75) is 249 Å². The third kappa shape index (κ3) is 16.3. The van der Waals surface area contributed by atoms with Crippen LogP contribution in [0.1, 0.15) is 147 Å². The van der Waals surface area contributed by atoms with Crippen molar-refractivity contribution in [2.24, 2.45) is 11.8 Å². The average molecular weight is 1030 g/mol. The minimum absolute atomic E-state index is 0.00191. The molecule has 0 aromatic rings. The monoisotopic (exact) mass is 1030 g/mol. The van der Waals surface area contributed by atoms with Crippen LogP contribution in [0.25, 0.3) is 0 Å². The molecule has 0 aliphatic carbocycles. The number of methoxy groups -OCH3 is 2. The SMILES string of the molecule is C=C(C[C@H]1C[C@](C)(O[Si](CC)(CC)CC)C[C@@]2(C[C@@H](OC(C)=O)C[C@H](CCOC(=O)COC)O2)O1)[C@@H](C)[C@H](OC(C)=O)C(C)C(=O)C[C@@H]1C[C@H](OC)C[C@@]2(C[C@@H](O[Si](C)(C)C(C)(C)C)C[C@H](C=O)O2)O1. The summed E-state index contributed by atoms with van der Waals surface area (Å²) in [6.07, 6.45) is 0.361. The molecule has 0 aromatic carbocycles. The van der Waals surface area contributed by atoms with Gasteiger partial charge in [-0.1, -0.05) is 67.5 Å². The molecular weight excluding hydrogens is 937 g/mol. The van der Waals surface area contributed by atoms with Crippen molar-refractivity contribution >= 4 is 46.6 Å². The third-order valence-electron chi connectivity index (χ3n) is 15.8. The molecule has 4 saturated heterocycles. The molecule has 4 heterocycles. The lowest BCUT2D eigenvalue weighted by atomic mass is 9.78. The summed E-state index contributed by atoms with van der Waals surface area (Å²) in [7, 11) is -1.38. The highest BCUT2D eigenvalue weighted by Gasteiger charge is 2.56. The van der Waals surface area contributed by atoms with Crippen LogP contribution in [0.15, 0.2) is 12.2 Å². The predicted octanol–water partition coefficient (Wildman–Crippen LogP) is 9.10. The Morgan fingerprint density at radius 1 is 0.786 bits per heavy atom. The van der Waals surface area contributed by atoms with Crippen molar-refractivity contribution < 1.29 is 75.5 Å². The molecule has 2 spiro atoms. The molecule has 4 aliphatic rings. The largest absolute Gasteiger partial charge is 0.464 e. The molecule has 0 bridgehead atoms. The Labute approximate surface area is 421 Å². The molecule has 0 radical (unpaired) electrons. The fourth-order valence-corrected chi connectivity index (χ4v) is 15.6. The van der Waals surface area contributed by atoms with Gasteiger partial charge in [-0.15, -0.1) is 0 Å². The Morgan fingerprint density at radius 3 is 1.96 bits per heavy atom. The molecule has 1 unspecified atom stereocenters.